The van der Waals surface area contributed by atoms with E-state index in [0.29, 0.717) is 6.04 Å². The van der Waals surface area contributed by atoms with Crippen LogP contribution in [0, 0.1) is 0 Å². The smallest absolute Gasteiger partial charge is 0.0945 e. The molecule has 1 N–H and O–H groups in total. The number of imidazole rings is 1. The van der Waals surface area contributed by atoms with Gasteiger partial charge in [-0.15, -0.1) is 0 Å². The second kappa shape index (κ2) is 5.46. The molecule has 1 aromatic rings. The van der Waals surface area contributed by atoms with Gasteiger partial charge in [0.2, 0.25) is 0 Å². The Hall–Kier alpha value is -0.870. The Balaban J connectivity index is 1.71. The van der Waals surface area contributed by atoms with Gasteiger partial charge in [0, 0.05) is 32.4 Å². The van der Waals surface area contributed by atoms with Gasteiger partial charge in [-0.25, -0.2) is 4.98 Å². The Morgan fingerprint density at radius 2 is 2.19 bits per heavy atom. The zero-order chi connectivity index (χ0) is 11.4. The first kappa shape index (κ1) is 11.6. The third-order valence-corrected chi connectivity index (χ3v) is 3.28. The van der Waals surface area contributed by atoms with Crippen LogP contribution in [0.1, 0.15) is 25.5 Å². The van der Waals surface area contributed by atoms with Crippen LogP contribution in [0.3, 0.4) is 0 Å². The molecule has 0 saturated carbocycles. The fourth-order valence-corrected chi connectivity index (χ4v) is 2.25. The molecule has 1 unspecified atom stereocenters. The summed E-state index contributed by atoms with van der Waals surface area (Å²) in [7, 11) is 2.04. The molecule has 2 rings (SSSR count). The Morgan fingerprint density at radius 1 is 1.44 bits per heavy atom. The lowest BCUT2D eigenvalue weighted by Gasteiger charge is -2.21. The van der Waals surface area contributed by atoms with Crippen molar-refractivity contribution in [2.75, 3.05) is 19.6 Å². The van der Waals surface area contributed by atoms with E-state index in [2.05, 4.69) is 26.7 Å². The topological polar surface area (TPSA) is 33.1 Å². The zero-order valence-corrected chi connectivity index (χ0v) is 10.3. The van der Waals surface area contributed by atoms with Crippen LogP contribution in [0.2, 0.25) is 0 Å². The average Bonchev–Trinajstić information content (AvgIpc) is 2.87. The van der Waals surface area contributed by atoms with E-state index in [-0.39, 0.29) is 0 Å². The van der Waals surface area contributed by atoms with Gasteiger partial charge < -0.3 is 14.8 Å². The minimum Gasteiger partial charge on any atom is -0.337 e. The van der Waals surface area contributed by atoms with Crippen molar-refractivity contribution in [2.45, 2.75) is 32.4 Å². The number of hydrogen-bond acceptors (Lipinski definition) is 3. The Kier molecular flexibility index (Phi) is 3.96. The van der Waals surface area contributed by atoms with Gasteiger partial charge in [-0.3, -0.25) is 0 Å². The largest absolute Gasteiger partial charge is 0.337 e. The first-order valence-electron chi connectivity index (χ1n) is 6.16. The number of likely N-dealkylation sites (tertiary alicyclic amines) is 1. The van der Waals surface area contributed by atoms with Gasteiger partial charge in [0.25, 0.3) is 0 Å². The van der Waals surface area contributed by atoms with E-state index in [9.17, 15) is 0 Å². The summed E-state index contributed by atoms with van der Waals surface area (Å²) in [6, 6.07) is 0.549. The fourth-order valence-electron chi connectivity index (χ4n) is 2.25. The molecule has 0 spiro atoms. The van der Waals surface area contributed by atoms with Crippen molar-refractivity contribution in [3.63, 3.8) is 0 Å². The van der Waals surface area contributed by atoms with E-state index >= 15 is 0 Å². The maximum absolute atomic E-state index is 4.12. The van der Waals surface area contributed by atoms with Gasteiger partial charge in [-0.1, -0.05) is 0 Å². The van der Waals surface area contributed by atoms with Crippen molar-refractivity contribution >= 4 is 0 Å². The maximum Gasteiger partial charge on any atom is 0.0945 e. The van der Waals surface area contributed by atoms with Crippen molar-refractivity contribution < 1.29 is 0 Å². The molecule has 90 valence electrons. The summed E-state index contributed by atoms with van der Waals surface area (Å²) in [6.45, 7) is 6.88. The molecule has 0 radical (unpaired) electrons. The maximum atomic E-state index is 4.12. The van der Waals surface area contributed by atoms with Gasteiger partial charge in [0.1, 0.15) is 0 Å². The van der Waals surface area contributed by atoms with Gasteiger partial charge in [0.05, 0.1) is 12.0 Å². The summed E-state index contributed by atoms with van der Waals surface area (Å²) in [6.07, 6.45) is 6.51. The molecule has 0 amide bonds. The summed E-state index contributed by atoms with van der Waals surface area (Å²) in [5, 5.41) is 3.55. The molecule has 0 aromatic carbocycles. The highest BCUT2D eigenvalue weighted by Crippen LogP contribution is 2.07. The normalized spacial score (nSPS) is 19.1. The van der Waals surface area contributed by atoms with Crippen LogP contribution < -0.4 is 5.32 Å². The van der Waals surface area contributed by atoms with Crippen LogP contribution in [0.15, 0.2) is 12.5 Å². The molecule has 1 aliphatic rings. The molecule has 1 saturated heterocycles. The molecule has 4 heteroatoms. The van der Waals surface area contributed by atoms with Crippen LogP contribution in [0.4, 0.5) is 0 Å². The molecule has 0 aliphatic carbocycles. The van der Waals surface area contributed by atoms with E-state index in [0.717, 1.165) is 13.1 Å². The zero-order valence-electron chi connectivity index (χ0n) is 10.3. The van der Waals surface area contributed by atoms with E-state index in [1.54, 1.807) is 0 Å². The predicted molar refractivity (Wildman–Crippen MR) is 65.2 cm³/mol. The highest BCUT2D eigenvalue weighted by Gasteiger charge is 2.14. The Morgan fingerprint density at radius 3 is 2.81 bits per heavy atom. The molecule has 2 heterocycles. The first-order valence-corrected chi connectivity index (χ1v) is 6.16. The molecular weight excluding hydrogens is 200 g/mol. The molecule has 1 fully saturated rings. The van der Waals surface area contributed by atoms with Gasteiger partial charge >= 0.3 is 0 Å². The average molecular weight is 222 g/mol. The van der Waals surface area contributed by atoms with Crippen molar-refractivity contribution in [1.29, 1.82) is 0 Å². The lowest BCUT2D eigenvalue weighted by Crippen LogP contribution is -2.37. The van der Waals surface area contributed by atoms with Crippen LogP contribution in [0.25, 0.3) is 0 Å². The SMILES string of the molecule is CC(CN1CCCC1)NCc1cncn1C. The third kappa shape index (κ3) is 3.06. The van der Waals surface area contributed by atoms with Crippen LogP contribution in [-0.2, 0) is 13.6 Å². The van der Waals surface area contributed by atoms with Crippen LogP contribution in [0.5, 0.6) is 0 Å². The highest BCUT2D eigenvalue weighted by molar-refractivity contribution is 4.97. The second-order valence-electron chi connectivity index (χ2n) is 4.79. The van der Waals surface area contributed by atoms with Crippen LogP contribution >= 0.6 is 0 Å². The molecule has 1 atom stereocenters. The first-order chi connectivity index (χ1) is 7.75. The number of aromatic nitrogens is 2. The minimum absolute atomic E-state index is 0.549. The monoisotopic (exact) mass is 222 g/mol. The van der Waals surface area contributed by atoms with Crippen molar-refractivity contribution in [3.05, 3.63) is 18.2 Å². The minimum atomic E-state index is 0.549. The Labute approximate surface area is 97.7 Å². The predicted octanol–water partition coefficient (Wildman–Crippen LogP) is 0.994. The van der Waals surface area contributed by atoms with Gasteiger partial charge in [-0.05, 0) is 32.9 Å². The van der Waals surface area contributed by atoms with E-state index in [1.807, 2.05) is 19.6 Å². The number of nitrogens with zero attached hydrogens (tertiary/aromatic N) is 3. The molecule has 4 nitrogen and oxygen atoms in total. The molecule has 16 heavy (non-hydrogen) atoms. The van der Waals surface area contributed by atoms with Crippen molar-refractivity contribution in [2.24, 2.45) is 7.05 Å². The second-order valence-corrected chi connectivity index (χ2v) is 4.79. The number of rotatable bonds is 5. The fraction of sp³-hybridized carbons (Fsp3) is 0.750. The molecule has 0 bridgehead atoms. The quantitative estimate of drug-likeness (QED) is 0.806. The van der Waals surface area contributed by atoms with Crippen LogP contribution in [-0.4, -0.2) is 40.1 Å². The standard InChI is InChI=1S/C12H22N4/c1-11(9-16-5-3-4-6-16)14-8-12-7-13-10-15(12)2/h7,10-11,14H,3-6,8-9H2,1-2H3. The molecular formula is C12H22N4. The number of nitrogens with one attached hydrogen (secondary N) is 1. The summed E-state index contributed by atoms with van der Waals surface area (Å²) >= 11 is 0. The summed E-state index contributed by atoms with van der Waals surface area (Å²) in [5.74, 6) is 0. The lowest BCUT2D eigenvalue weighted by molar-refractivity contribution is 0.297. The van der Waals surface area contributed by atoms with E-state index in [4.69, 9.17) is 0 Å². The molecule has 1 aliphatic heterocycles. The van der Waals surface area contributed by atoms with E-state index < -0.39 is 0 Å². The third-order valence-electron chi connectivity index (χ3n) is 3.28. The molecule has 1 aromatic heterocycles. The Bertz CT molecular complexity index is 315. The summed E-state index contributed by atoms with van der Waals surface area (Å²) < 4.78 is 2.07. The van der Waals surface area contributed by atoms with Crippen molar-refractivity contribution in [1.82, 2.24) is 19.8 Å². The van der Waals surface area contributed by atoms with E-state index in [1.165, 1.54) is 31.6 Å². The number of aryl methyl sites for hydroxylation is 1. The number of hydrogen-bond donors (Lipinski definition) is 1. The summed E-state index contributed by atoms with van der Waals surface area (Å²) in [4.78, 5) is 6.66. The lowest BCUT2D eigenvalue weighted by atomic mass is 10.3. The van der Waals surface area contributed by atoms with Crippen molar-refractivity contribution in [3.8, 4) is 0 Å². The van der Waals surface area contributed by atoms with Gasteiger partial charge in [0.15, 0.2) is 0 Å². The van der Waals surface area contributed by atoms with Gasteiger partial charge in [-0.2, -0.15) is 0 Å². The highest BCUT2D eigenvalue weighted by atomic mass is 15.2. The summed E-state index contributed by atoms with van der Waals surface area (Å²) in [5.41, 5.74) is 1.24.